The van der Waals surface area contributed by atoms with E-state index >= 15 is 0 Å². The van der Waals surface area contributed by atoms with Crippen LogP contribution in [-0.2, 0) is 0 Å². The number of aliphatic imine (C=N–C) groups is 1. The Kier molecular flexibility index (Phi) is 1.99. The van der Waals surface area contributed by atoms with Crippen LogP contribution in [0.5, 0.6) is 0 Å². The molecule has 3 rings (SSSR count). The van der Waals surface area contributed by atoms with Crippen molar-refractivity contribution in [3.8, 4) is 0 Å². The summed E-state index contributed by atoms with van der Waals surface area (Å²) in [7, 11) is 0. The maximum Gasteiger partial charge on any atom is 0.0821 e. The average Bonchev–Trinajstić information content (AvgIpc) is 2.66. The Balaban J connectivity index is 2.18. The molecule has 1 aliphatic heterocycles. The standard InChI is InChI=1S/C12H13ClN2/c13-8-4-2-6-10-11(8)12(14)7-3-1-5-9(7)15-10/h2,4,10H,1,3,5-6,14H2. The zero-order valence-corrected chi connectivity index (χ0v) is 9.22. The Morgan fingerprint density at radius 2 is 2.27 bits per heavy atom. The van der Waals surface area contributed by atoms with Gasteiger partial charge in [-0.2, -0.15) is 0 Å². The highest BCUT2D eigenvalue weighted by Gasteiger charge is 2.31. The summed E-state index contributed by atoms with van der Waals surface area (Å²) in [6.45, 7) is 0. The van der Waals surface area contributed by atoms with Crippen molar-refractivity contribution in [3.63, 3.8) is 0 Å². The highest BCUT2D eigenvalue weighted by Crippen LogP contribution is 2.38. The number of halogens is 1. The van der Waals surface area contributed by atoms with Gasteiger partial charge in [0.1, 0.15) is 0 Å². The monoisotopic (exact) mass is 220 g/mol. The van der Waals surface area contributed by atoms with Crippen molar-refractivity contribution < 1.29 is 0 Å². The van der Waals surface area contributed by atoms with E-state index in [-0.39, 0.29) is 6.04 Å². The molecule has 0 saturated heterocycles. The Morgan fingerprint density at radius 3 is 3.13 bits per heavy atom. The molecule has 78 valence electrons. The second-order valence-corrected chi connectivity index (χ2v) is 4.64. The van der Waals surface area contributed by atoms with Crippen LogP contribution in [0, 0.1) is 0 Å². The van der Waals surface area contributed by atoms with E-state index in [0.29, 0.717) is 0 Å². The molecule has 1 saturated carbocycles. The summed E-state index contributed by atoms with van der Waals surface area (Å²) < 4.78 is 0. The van der Waals surface area contributed by atoms with Crippen LogP contribution >= 0.6 is 11.6 Å². The smallest absolute Gasteiger partial charge is 0.0821 e. The minimum Gasteiger partial charge on any atom is -0.398 e. The van der Waals surface area contributed by atoms with Crippen molar-refractivity contribution in [2.45, 2.75) is 31.7 Å². The summed E-state index contributed by atoms with van der Waals surface area (Å²) in [6, 6.07) is 0.180. The summed E-state index contributed by atoms with van der Waals surface area (Å²) in [5.74, 6) is 0. The maximum atomic E-state index is 6.19. The van der Waals surface area contributed by atoms with Gasteiger partial charge in [-0.1, -0.05) is 17.7 Å². The second kappa shape index (κ2) is 3.24. The fourth-order valence-corrected chi connectivity index (χ4v) is 2.92. The first-order chi connectivity index (χ1) is 7.27. The zero-order valence-electron chi connectivity index (χ0n) is 8.46. The third kappa shape index (κ3) is 1.28. The van der Waals surface area contributed by atoms with Crippen molar-refractivity contribution in [3.05, 3.63) is 34.0 Å². The molecule has 1 heterocycles. The predicted octanol–water partition coefficient (Wildman–Crippen LogP) is 2.66. The number of hydrogen-bond donors (Lipinski definition) is 1. The molecular weight excluding hydrogens is 208 g/mol. The van der Waals surface area contributed by atoms with Crippen LogP contribution < -0.4 is 5.73 Å². The lowest BCUT2D eigenvalue weighted by molar-refractivity contribution is 0.764. The van der Waals surface area contributed by atoms with Crippen LogP contribution in [-0.4, -0.2) is 11.8 Å². The predicted molar refractivity (Wildman–Crippen MR) is 62.9 cm³/mol. The molecular formula is C12H13ClN2. The molecule has 3 aliphatic rings. The van der Waals surface area contributed by atoms with E-state index in [4.69, 9.17) is 22.3 Å². The molecule has 15 heavy (non-hydrogen) atoms. The average molecular weight is 221 g/mol. The van der Waals surface area contributed by atoms with Gasteiger partial charge in [-0.25, -0.2) is 0 Å². The summed E-state index contributed by atoms with van der Waals surface area (Å²) in [5, 5.41) is 0.769. The number of allylic oxidation sites excluding steroid dienone is 3. The van der Waals surface area contributed by atoms with E-state index in [1.165, 1.54) is 17.7 Å². The van der Waals surface area contributed by atoms with Gasteiger partial charge >= 0.3 is 0 Å². The van der Waals surface area contributed by atoms with E-state index in [1.54, 1.807) is 0 Å². The molecule has 3 heteroatoms. The van der Waals surface area contributed by atoms with Crippen molar-refractivity contribution in [1.82, 2.24) is 0 Å². The topological polar surface area (TPSA) is 38.4 Å². The molecule has 0 aromatic rings. The molecule has 0 aromatic carbocycles. The number of fused-ring (bicyclic) bond motifs is 2. The quantitative estimate of drug-likeness (QED) is 0.670. The van der Waals surface area contributed by atoms with Crippen LogP contribution in [0.4, 0.5) is 0 Å². The Hall–Kier alpha value is -1.02. The van der Waals surface area contributed by atoms with Gasteiger partial charge in [0, 0.05) is 22.0 Å². The highest BCUT2D eigenvalue weighted by molar-refractivity contribution is 6.32. The van der Waals surface area contributed by atoms with Crippen LogP contribution in [0.1, 0.15) is 25.7 Å². The Labute approximate surface area is 94.2 Å². The van der Waals surface area contributed by atoms with Crippen molar-refractivity contribution in [1.29, 1.82) is 0 Å². The van der Waals surface area contributed by atoms with E-state index < -0.39 is 0 Å². The molecule has 0 spiro atoms. The molecule has 2 nitrogen and oxygen atoms in total. The van der Waals surface area contributed by atoms with Crippen LogP contribution in [0.3, 0.4) is 0 Å². The summed E-state index contributed by atoms with van der Waals surface area (Å²) >= 11 is 6.18. The zero-order chi connectivity index (χ0) is 10.4. The molecule has 0 aromatic heterocycles. The molecule has 2 aliphatic carbocycles. The van der Waals surface area contributed by atoms with Crippen molar-refractivity contribution in [2.75, 3.05) is 0 Å². The SMILES string of the molecule is NC1=C2CCCC2=NC2CC=CC(Cl)=C12. The summed E-state index contributed by atoms with van der Waals surface area (Å²) in [4.78, 5) is 4.75. The first kappa shape index (κ1) is 9.22. The maximum absolute atomic E-state index is 6.19. The molecule has 1 atom stereocenters. The van der Waals surface area contributed by atoms with Gasteiger partial charge in [0.15, 0.2) is 0 Å². The van der Waals surface area contributed by atoms with Gasteiger partial charge in [0.25, 0.3) is 0 Å². The van der Waals surface area contributed by atoms with E-state index in [0.717, 1.165) is 35.6 Å². The van der Waals surface area contributed by atoms with Crippen LogP contribution in [0.25, 0.3) is 0 Å². The normalized spacial score (nSPS) is 29.1. The van der Waals surface area contributed by atoms with Gasteiger partial charge in [0.05, 0.1) is 6.04 Å². The first-order valence-corrected chi connectivity index (χ1v) is 5.77. The van der Waals surface area contributed by atoms with Crippen molar-refractivity contribution >= 4 is 17.3 Å². The van der Waals surface area contributed by atoms with Gasteiger partial charge in [-0.05, 0) is 37.3 Å². The first-order valence-electron chi connectivity index (χ1n) is 5.39. The van der Waals surface area contributed by atoms with Gasteiger partial charge in [-0.3, -0.25) is 4.99 Å². The lowest BCUT2D eigenvalue weighted by Gasteiger charge is -2.26. The molecule has 1 fully saturated rings. The number of rotatable bonds is 0. The lowest BCUT2D eigenvalue weighted by atomic mass is 9.90. The van der Waals surface area contributed by atoms with Gasteiger partial charge in [-0.15, -0.1) is 0 Å². The van der Waals surface area contributed by atoms with E-state index in [2.05, 4.69) is 6.08 Å². The number of dihydropyridines is 1. The van der Waals surface area contributed by atoms with Crippen LogP contribution in [0.2, 0.25) is 0 Å². The largest absolute Gasteiger partial charge is 0.398 e. The second-order valence-electron chi connectivity index (χ2n) is 4.24. The third-order valence-corrected chi connectivity index (χ3v) is 3.66. The van der Waals surface area contributed by atoms with E-state index in [1.807, 2.05) is 6.08 Å². The van der Waals surface area contributed by atoms with E-state index in [9.17, 15) is 0 Å². The molecule has 2 N–H and O–H groups in total. The van der Waals surface area contributed by atoms with Crippen LogP contribution in [0.15, 0.2) is 39.0 Å². The summed E-state index contributed by atoms with van der Waals surface area (Å²) in [5.41, 5.74) is 10.6. The Bertz CT molecular complexity index is 441. The number of nitrogens with zero attached hydrogens (tertiary/aromatic N) is 1. The molecule has 0 amide bonds. The fraction of sp³-hybridized carbons (Fsp3) is 0.417. The number of hydrogen-bond acceptors (Lipinski definition) is 2. The third-order valence-electron chi connectivity index (χ3n) is 3.33. The highest BCUT2D eigenvalue weighted by atomic mass is 35.5. The molecule has 0 bridgehead atoms. The molecule has 0 radical (unpaired) electrons. The van der Waals surface area contributed by atoms with Gasteiger partial charge < -0.3 is 5.73 Å². The lowest BCUT2D eigenvalue weighted by Crippen LogP contribution is -2.25. The minimum atomic E-state index is 0.180. The number of nitrogens with two attached hydrogens (primary N) is 1. The fourth-order valence-electron chi connectivity index (χ4n) is 2.60. The van der Waals surface area contributed by atoms with Crippen molar-refractivity contribution in [2.24, 2.45) is 10.7 Å². The minimum absolute atomic E-state index is 0.180. The molecule has 1 unspecified atom stereocenters. The Morgan fingerprint density at radius 1 is 1.40 bits per heavy atom. The summed E-state index contributed by atoms with van der Waals surface area (Å²) in [6.07, 6.45) is 8.28. The van der Waals surface area contributed by atoms with Gasteiger partial charge in [0.2, 0.25) is 0 Å².